The molecule has 1 aliphatic heterocycles. The van der Waals surface area contributed by atoms with Gasteiger partial charge in [-0.1, -0.05) is 0 Å². The number of esters is 1. The standard InChI is InChI=1S/C12H16N5O8P.2Na/c1-5(19)23-9-8(25-26(20,21)22)6(2-18)24-12(9)17-4-16-7-10(13)14-3-15-11(7)17;;/h3-4,6,8-9,12,18H,2H2,1H3,(H2,13,14,15)(H2,20,21,22);;/q;2*+1/p-2/t6-,8-,9-,12-;;/m1../s1. The van der Waals surface area contributed by atoms with Crippen molar-refractivity contribution in [2.75, 3.05) is 12.3 Å². The summed E-state index contributed by atoms with van der Waals surface area (Å²) < 4.78 is 27.5. The summed E-state index contributed by atoms with van der Waals surface area (Å²) >= 11 is 0. The molecule has 0 saturated carbocycles. The van der Waals surface area contributed by atoms with Gasteiger partial charge in [-0.15, -0.1) is 0 Å². The van der Waals surface area contributed by atoms with Gasteiger partial charge in [0, 0.05) is 6.92 Å². The van der Waals surface area contributed by atoms with Crippen LogP contribution in [0.3, 0.4) is 0 Å². The Balaban J connectivity index is 0.00000196. The number of imidazole rings is 1. The van der Waals surface area contributed by atoms with Crippen molar-refractivity contribution in [2.24, 2.45) is 0 Å². The summed E-state index contributed by atoms with van der Waals surface area (Å²) in [6, 6.07) is 0. The van der Waals surface area contributed by atoms with E-state index in [-0.39, 0.29) is 76.1 Å². The molecule has 3 N–H and O–H groups in total. The zero-order valence-electron chi connectivity index (χ0n) is 15.3. The maximum absolute atomic E-state index is 11.4. The van der Waals surface area contributed by atoms with Crippen molar-refractivity contribution >= 4 is 30.8 Å². The Bertz CT molecular complexity index is 879. The fourth-order valence-electron chi connectivity index (χ4n) is 2.73. The average Bonchev–Trinajstić information content (AvgIpc) is 3.09. The molecule has 4 atom stereocenters. The van der Waals surface area contributed by atoms with Gasteiger partial charge < -0.3 is 39.2 Å². The van der Waals surface area contributed by atoms with Gasteiger partial charge in [-0.25, -0.2) is 15.0 Å². The van der Waals surface area contributed by atoms with Crippen molar-refractivity contribution in [3.8, 4) is 0 Å². The largest absolute Gasteiger partial charge is 1.00 e. The molecule has 0 spiro atoms. The maximum atomic E-state index is 11.4. The van der Waals surface area contributed by atoms with Gasteiger partial charge >= 0.3 is 65.1 Å². The van der Waals surface area contributed by atoms with E-state index in [1.165, 1.54) is 17.2 Å². The van der Waals surface area contributed by atoms with E-state index in [1.54, 1.807) is 0 Å². The van der Waals surface area contributed by atoms with Gasteiger partial charge in [-0.3, -0.25) is 9.36 Å². The minimum atomic E-state index is -5.46. The van der Waals surface area contributed by atoms with E-state index in [4.69, 9.17) is 15.2 Å². The molecule has 0 radical (unpaired) electrons. The average molecular weight is 433 g/mol. The Kier molecular flexibility index (Phi) is 9.47. The van der Waals surface area contributed by atoms with E-state index >= 15 is 0 Å². The predicted octanol–water partition coefficient (Wildman–Crippen LogP) is -8.55. The SMILES string of the molecule is CC(=O)O[C@@H]1[C@H](OP(=O)([O-])[O-])[C@@H](CO)O[C@H]1n1cnc2c(N)ncnc21.[Na+].[Na+]. The number of aliphatic hydroxyl groups is 1. The van der Waals surface area contributed by atoms with Crippen LogP contribution >= 0.6 is 7.82 Å². The summed E-state index contributed by atoms with van der Waals surface area (Å²) in [5, 5.41) is 9.45. The third kappa shape index (κ3) is 5.50. The zero-order chi connectivity index (χ0) is 19.1. The number of nitrogens with two attached hydrogens (primary N) is 1. The van der Waals surface area contributed by atoms with E-state index in [2.05, 4.69) is 19.5 Å². The van der Waals surface area contributed by atoms with Crippen LogP contribution in [0.15, 0.2) is 12.7 Å². The second-order valence-corrected chi connectivity index (χ2v) is 6.53. The van der Waals surface area contributed by atoms with E-state index in [0.29, 0.717) is 0 Å². The number of ether oxygens (including phenoxy) is 2. The normalized spacial score (nSPS) is 24.4. The minimum Gasteiger partial charge on any atom is -0.790 e. The molecule has 0 amide bonds. The first-order valence-electron chi connectivity index (χ1n) is 7.28. The number of hydrogen-bond donors (Lipinski definition) is 2. The van der Waals surface area contributed by atoms with Gasteiger partial charge in [0.1, 0.15) is 24.1 Å². The summed E-state index contributed by atoms with van der Waals surface area (Å²) in [6.45, 7) is 0.392. The van der Waals surface area contributed by atoms with Crippen molar-refractivity contribution in [1.29, 1.82) is 0 Å². The van der Waals surface area contributed by atoms with Gasteiger partial charge in [0.2, 0.25) is 0 Å². The van der Waals surface area contributed by atoms with E-state index < -0.39 is 44.9 Å². The van der Waals surface area contributed by atoms with E-state index in [1.807, 2.05) is 0 Å². The zero-order valence-corrected chi connectivity index (χ0v) is 20.2. The number of hydrogen-bond acceptors (Lipinski definition) is 12. The van der Waals surface area contributed by atoms with Crippen LogP contribution in [0.4, 0.5) is 5.82 Å². The van der Waals surface area contributed by atoms with Crippen molar-refractivity contribution in [3.05, 3.63) is 12.7 Å². The molecule has 0 aromatic carbocycles. The number of aromatic nitrogens is 4. The summed E-state index contributed by atoms with van der Waals surface area (Å²) in [5.41, 5.74) is 6.16. The third-order valence-corrected chi connectivity index (χ3v) is 4.18. The minimum absolute atomic E-state index is 0. The topological polar surface area (TPSA) is 198 Å². The predicted molar refractivity (Wildman–Crippen MR) is 78.8 cm³/mol. The molecule has 16 heteroatoms. The van der Waals surface area contributed by atoms with Gasteiger partial charge in [-0.05, 0) is 0 Å². The number of rotatable bonds is 5. The molecule has 1 saturated heterocycles. The van der Waals surface area contributed by atoms with Gasteiger partial charge in [0.05, 0.1) is 20.8 Å². The summed E-state index contributed by atoms with van der Waals surface area (Å²) in [5.74, 6) is -0.688. The first kappa shape index (κ1) is 25.9. The van der Waals surface area contributed by atoms with Crippen molar-refractivity contribution in [2.45, 2.75) is 31.5 Å². The van der Waals surface area contributed by atoms with Gasteiger partial charge in [0.25, 0.3) is 0 Å². The Hall–Kier alpha value is -0.150. The number of phosphoric ester groups is 1. The molecule has 0 aliphatic carbocycles. The summed E-state index contributed by atoms with van der Waals surface area (Å²) in [6.07, 6.45) is -2.90. The number of nitrogen functional groups attached to an aromatic ring is 1. The second-order valence-electron chi connectivity index (χ2n) is 5.42. The Morgan fingerprint density at radius 1 is 1.36 bits per heavy atom. The van der Waals surface area contributed by atoms with Crippen LogP contribution in [0.2, 0.25) is 0 Å². The fourth-order valence-corrected chi connectivity index (χ4v) is 3.28. The Morgan fingerprint density at radius 2 is 2.04 bits per heavy atom. The Labute approximate surface area is 202 Å². The molecule has 13 nitrogen and oxygen atoms in total. The molecule has 1 fully saturated rings. The molecule has 0 unspecified atom stereocenters. The van der Waals surface area contributed by atoms with Crippen LogP contribution in [-0.2, 0) is 23.4 Å². The quantitative estimate of drug-likeness (QED) is 0.257. The van der Waals surface area contributed by atoms with Crippen molar-refractivity contribution < 1.29 is 97.4 Å². The summed E-state index contributed by atoms with van der Waals surface area (Å²) in [7, 11) is -5.46. The molecule has 2 aromatic heterocycles. The number of nitrogens with zero attached hydrogens (tertiary/aromatic N) is 4. The summed E-state index contributed by atoms with van der Waals surface area (Å²) in [4.78, 5) is 45.4. The van der Waals surface area contributed by atoms with Crippen molar-refractivity contribution in [1.82, 2.24) is 19.5 Å². The molecule has 2 aromatic rings. The molecular formula is C12H14N5Na2O8P. The molecule has 0 bridgehead atoms. The molecule has 142 valence electrons. The smallest absolute Gasteiger partial charge is 0.790 e. The van der Waals surface area contributed by atoms with E-state index in [9.17, 15) is 24.3 Å². The third-order valence-electron chi connectivity index (χ3n) is 3.68. The van der Waals surface area contributed by atoms with Crippen LogP contribution in [0.5, 0.6) is 0 Å². The number of phosphoric acid groups is 1. The van der Waals surface area contributed by atoms with Gasteiger partial charge in [-0.2, -0.15) is 0 Å². The van der Waals surface area contributed by atoms with Crippen molar-refractivity contribution in [3.63, 3.8) is 0 Å². The van der Waals surface area contributed by atoms with Crippen LogP contribution in [0, 0.1) is 0 Å². The maximum Gasteiger partial charge on any atom is 1.00 e. The van der Waals surface area contributed by atoms with E-state index in [0.717, 1.165) is 6.92 Å². The van der Waals surface area contributed by atoms with Crippen LogP contribution < -0.4 is 74.6 Å². The van der Waals surface area contributed by atoms with Crippen LogP contribution in [-0.4, -0.2) is 55.5 Å². The molecule has 3 rings (SSSR count). The number of fused-ring (bicyclic) bond motifs is 1. The fraction of sp³-hybridized carbons (Fsp3) is 0.500. The number of carbonyl (C=O) groups is 1. The first-order valence-corrected chi connectivity index (χ1v) is 8.74. The first-order chi connectivity index (χ1) is 12.2. The van der Waals surface area contributed by atoms with Gasteiger partial charge in [0.15, 0.2) is 23.8 Å². The molecule has 1 aliphatic rings. The monoisotopic (exact) mass is 433 g/mol. The Morgan fingerprint density at radius 3 is 2.61 bits per heavy atom. The van der Waals surface area contributed by atoms with Crippen LogP contribution in [0.1, 0.15) is 13.2 Å². The number of anilines is 1. The molecule has 28 heavy (non-hydrogen) atoms. The number of aliphatic hydroxyl groups excluding tert-OH is 1. The second kappa shape index (κ2) is 10.2. The molecular weight excluding hydrogens is 419 g/mol. The number of carbonyl (C=O) groups excluding carboxylic acids is 1. The molecule has 3 heterocycles. The van der Waals surface area contributed by atoms with Crippen LogP contribution in [0.25, 0.3) is 11.2 Å².